The van der Waals surface area contributed by atoms with Crippen LogP contribution in [0.2, 0.25) is 0 Å². The Hall–Kier alpha value is -0.650. The lowest BCUT2D eigenvalue weighted by Crippen LogP contribution is -2.46. The first-order valence-corrected chi connectivity index (χ1v) is 16.8. The summed E-state index contributed by atoms with van der Waals surface area (Å²) in [6, 6.07) is -0.649. The number of unbranched alkanes of at least 4 members (excludes halogenated alkanes) is 21. The first kappa shape index (κ1) is 37.4. The largest absolute Gasteiger partial charge is 0.394 e. The van der Waals surface area contributed by atoms with Crippen LogP contribution in [0.5, 0.6) is 0 Å². The third kappa shape index (κ3) is 25.6. The second-order valence-corrected chi connectivity index (χ2v) is 11.8. The van der Waals surface area contributed by atoms with Crippen molar-refractivity contribution in [2.75, 3.05) is 6.61 Å². The molecule has 0 fully saturated rings. The van der Waals surface area contributed by atoms with E-state index in [2.05, 4.69) is 19.2 Å². The van der Waals surface area contributed by atoms with Gasteiger partial charge in [0.2, 0.25) is 5.91 Å². The highest BCUT2D eigenvalue weighted by Crippen LogP contribution is 2.15. The number of aliphatic hydroxyl groups is 3. The zero-order valence-corrected chi connectivity index (χ0v) is 25.6. The lowest BCUT2D eigenvalue weighted by Gasteiger charge is -2.23. The molecule has 4 N–H and O–H groups in total. The fourth-order valence-electron chi connectivity index (χ4n) is 5.29. The molecule has 38 heavy (non-hydrogen) atoms. The predicted octanol–water partition coefficient (Wildman–Crippen LogP) is 8.37. The molecule has 228 valence electrons. The molecule has 0 aliphatic rings. The lowest BCUT2D eigenvalue weighted by molar-refractivity contribution is -0.125. The number of aliphatic hydroxyl groups excluding tert-OH is 3. The van der Waals surface area contributed by atoms with Crippen LogP contribution >= 0.6 is 0 Å². The number of amides is 1. The maximum atomic E-state index is 12.3. The Morgan fingerprint density at radius 3 is 1.26 bits per heavy atom. The molecule has 1 amide bonds. The molecule has 0 aliphatic carbocycles. The first-order chi connectivity index (χ1) is 18.5. The number of rotatable bonds is 30. The van der Waals surface area contributed by atoms with Gasteiger partial charge >= 0.3 is 0 Å². The number of hydrogen-bond acceptors (Lipinski definition) is 4. The quantitative estimate of drug-likeness (QED) is 0.0688. The smallest absolute Gasteiger partial charge is 0.222 e. The van der Waals surface area contributed by atoms with Gasteiger partial charge in [0, 0.05) is 0 Å². The van der Waals surface area contributed by atoms with Crippen LogP contribution in [0, 0.1) is 0 Å². The fraction of sp³-hybridized carbons (Fsp3) is 0.970. The van der Waals surface area contributed by atoms with Crippen molar-refractivity contribution in [1.29, 1.82) is 0 Å². The Kier molecular flexibility index (Phi) is 28.8. The number of nitrogens with one attached hydrogen (secondary N) is 1. The number of carbonyl (C=O) groups excluding carboxylic acids is 1. The summed E-state index contributed by atoms with van der Waals surface area (Å²) >= 11 is 0. The Balaban J connectivity index is 3.68. The highest BCUT2D eigenvalue weighted by Gasteiger charge is 2.21. The Morgan fingerprint density at radius 2 is 0.895 bits per heavy atom. The molecule has 0 rings (SSSR count). The lowest BCUT2D eigenvalue weighted by atomic mass is 10.0. The van der Waals surface area contributed by atoms with Crippen molar-refractivity contribution in [3.05, 3.63) is 0 Å². The highest BCUT2D eigenvalue weighted by atomic mass is 16.3. The van der Waals surface area contributed by atoms with Crippen molar-refractivity contribution in [3.63, 3.8) is 0 Å². The van der Waals surface area contributed by atoms with Gasteiger partial charge in [-0.15, -0.1) is 0 Å². The number of hydrogen-bond donors (Lipinski definition) is 4. The topological polar surface area (TPSA) is 89.8 Å². The highest BCUT2D eigenvalue weighted by molar-refractivity contribution is 5.76. The molecule has 0 radical (unpaired) electrons. The average Bonchev–Trinajstić information content (AvgIpc) is 2.90. The second-order valence-electron chi connectivity index (χ2n) is 11.8. The third-order valence-electron chi connectivity index (χ3n) is 7.92. The molecule has 0 aromatic carbocycles. The zero-order valence-electron chi connectivity index (χ0n) is 25.6. The molecule has 0 aromatic heterocycles. The summed E-state index contributed by atoms with van der Waals surface area (Å²) in [7, 11) is 0. The average molecular weight is 542 g/mol. The van der Waals surface area contributed by atoms with Crippen molar-refractivity contribution in [2.24, 2.45) is 0 Å². The van der Waals surface area contributed by atoms with Crippen LogP contribution in [0.15, 0.2) is 0 Å². The van der Waals surface area contributed by atoms with E-state index in [4.69, 9.17) is 0 Å². The maximum Gasteiger partial charge on any atom is 0.222 e. The predicted molar refractivity (Wildman–Crippen MR) is 162 cm³/mol. The molecular weight excluding hydrogens is 474 g/mol. The van der Waals surface area contributed by atoms with Crippen molar-refractivity contribution in [1.82, 2.24) is 5.32 Å². The normalized spacial score (nSPS) is 13.9. The Bertz CT molecular complexity index is 488. The Labute approximate surface area is 237 Å². The molecule has 0 heterocycles. The molecule has 0 bridgehead atoms. The minimum Gasteiger partial charge on any atom is -0.394 e. The molecule has 0 aromatic rings. The van der Waals surface area contributed by atoms with E-state index in [0.29, 0.717) is 12.8 Å². The minimum atomic E-state index is -0.740. The summed E-state index contributed by atoms with van der Waals surface area (Å²) in [4.78, 5) is 12.3. The fourth-order valence-corrected chi connectivity index (χ4v) is 5.29. The summed E-state index contributed by atoms with van der Waals surface area (Å²) in [5.41, 5.74) is 0. The van der Waals surface area contributed by atoms with Gasteiger partial charge in [-0.1, -0.05) is 162 Å². The molecule has 3 unspecified atom stereocenters. The van der Waals surface area contributed by atoms with Gasteiger partial charge in [-0.3, -0.25) is 4.79 Å². The van der Waals surface area contributed by atoms with E-state index in [1.54, 1.807) is 0 Å². The number of carbonyl (C=O) groups is 1. The van der Waals surface area contributed by atoms with E-state index in [1.807, 2.05) is 0 Å². The van der Waals surface area contributed by atoms with Crippen LogP contribution in [0.3, 0.4) is 0 Å². The van der Waals surface area contributed by atoms with Gasteiger partial charge < -0.3 is 20.6 Å². The van der Waals surface area contributed by atoms with Crippen molar-refractivity contribution >= 4 is 5.91 Å². The van der Waals surface area contributed by atoms with Crippen LogP contribution in [-0.4, -0.2) is 46.1 Å². The van der Waals surface area contributed by atoms with Crippen LogP contribution in [0.1, 0.15) is 181 Å². The van der Waals surface area contributed by atoms with Crippen LogP contribution in [-0.2, 0) is 4.79 Å². The molecule has 5 heteroatoms. The van der Waals surface area contributed by atoms with E-state index in [0.717, 1.165) is 25.7 Å². The maximum absolute atomic E-state index is 12.3. The first-order valence-electron chi connectivity index (χ1n) is 16.8. The summed E-state index contributed by atoms with van der Waals surface area (Å²) in [6.07, 6.45) is 29.0. The molecule has 0 spiro atoms. The van der Waals surface area contributed by atoms with E-state index < -0.39 is 18.2 Å². The molecule has 5 nitrogen and oxygen atoms in total. The van der Waals surface area contributed by atoms with Crippen LogP contribution < -0.4 is 5.32 Å². The van der Waals surface area contributed by atoms with Gasteiger partial charge in [-0.05, 0) is 12.8 Å². The molecule has 0 saturated heterocycles. The van der Waals surface area contributed by atoms with Gasteiger partial charge in [0.15, 0.2) is 0 Å². The SMILES string of the molecule is CCCCCCCCCCCCCCCC(O)CC(=O)NC(CO)C(O)CCCCCCCCCCCC. The van der Waals surface area contributed by atoms with Crippen LogP contribution in [0.4, 0.5) is 0 Å². The van der Waals surface area contributed by atoms with Crippen molar-refractivity contribution < 1.29 is 20.1 Å². The summed E-state index contributed by atoms with van der Waals surface area (Å²) < 4.78 is 0. The summed E-state index contributed by atoms with van der Waals surface area (Å²) in [5, 5.41) is 33.0. The molecule has 0 saturated carbocycles. The summed E-state index contributed by atoms with van der Waals surface area (Å²) in [6.45, 7) is 4.23. The summed E-state index contributed by atoms with van der Waals surface area (Å²) in [5.74, 6) is -0.284. The van der Waals surface area contributed by atoms with Gasteiger partial charge in [-0.2, -0.15) is 0 Å². The van der Waals surface area contributed by atoms with Gasteiger partial charge in [0.1, 0.15) is 0 Å². The van der Waals surface area contributed by atoms with Gasteiger partial charge in [-0.25, -0.2) is 0 Å². The third-order valence-corrected chi connectivity index (χ3v) is 7.92. The standard InChI is InChI=1S/C33H67NO4/c1-3-5-7-9-11-13-15-16-17-18-20-22-24-26-30(36)28-33(38)34-31(29-35)32(37)27-25-23-21-19-14-12-10-8-6-4-2/h30-32,35-37H,3-29H2,1-2H3,(H,34,38). The van der Waals surface area contributed by atoms with Crippen LogP contribution in [0.25, 0.3) is 0 Å². The van der Waals surface area contributed by atoms with Crippen molar-refractivity contribution in [3.8, 4) is 0 Å². The zero-order chi connectivity index (χ0) is 28.1. The van der Waals surface area contributed by atoms with E-state index >= 15 is 0 Å². The molecule has 0 aliphatic heterocycles. The van der Waals surface area contributed by atoms with E-state index in [-0.39, 0.29) is 18.9 Å². The molecule has 3 atom stereocenters. The Morgan fingerprint density at radius 1 is 0.553 bits per heavy atom. The van der Waals surface area contributed by atoms with E-state index in [9.17, 15) is 20.1 Å². The monoisotopic (exact) mass is 542 g/mol. The van der Waals surface area contributed by atoms with Crippen molar-refractivity contribution in [2.45, 2.75) is 199 Å². The van der Waals surface area contributed by atoms with Gasteiger partial charge in [0.05, 0.1) is 31.3 Å². The van der Waals surface area contributed by atoms with Gasteiger partial charge in [0.25, 0.3) is 0 Å². The minimum absolute atomic E-state index is 0.0414. The molecular formula is C33H67NO4. The second kappa shape index (κ2) is 29.3. The van der Waals surface area contributed by atoms with E-state index in [1.165, 1.54) is 122 Å².